The van der Waals surface area contributed by atoms with Crippen molar-refractivity contribution in [2.45, 2.75) is 13.5 Å². The molecule has 1 N–H and O–H groups in total. The summed E-state index contributed by atoms with van der Waals surface area (Å²) in [4.78, 5) is 38.7. The second-order valence-corrected chi connectivity index (χ2v) is 9.09. The molecule has 1 heterocycles. The summed E-state index contributed by atoms with van der Waals surface area (Å²) in [5.74, 6) is -1.04. The summed E-state index contributed by atoms with van der Waals surface area (Å²) in [5.41, 5.74) is 2.34. The van der Waals surface area contributed by atoms with Gasteiger partial charge in [0.1, 0.15) is 24.7 Å². The van der Waals surface area contributed by atoms with Crippen molar-refractivity contribution in [1.29, 1.82) is 0 Å². The molecule has 1 aliphatic heterocycles. The average Bonchev–Trinajstić information content (AvgIpc) is 3.08. The van der Waals surface area contributed by atoms with Crippen LogP contribution >= 0.6 is 23.4 Å². The molecule has 0 bridgehead atoms. The van der Waals surface area contributed by atoms with Gasteiger partial charge in [0.15, 0.2) is 0 Å². The van der Waals surface area contributed by atoms with E-state index >= 15 is 0 Å². The highest BCUT2D eigenvalue weighted by molar-refractivity contribution is 8.18. The van der Waals surface area contributed by atoms with Gasteiger partial charge in [0, 0.05) is 11.3 Å². The largest absolute Gasteiger partial charge is 0.489 e. The van der Waals surface area contributed by atoms with Gasteiger partial charge in [-0.2, -0.15) is 0 Å². The van der Waals surface area contributed by atoms with Gasteiger partial charge in [-0.15, -0.1) is 0 Å². The van der Waals surface area contributed by atoms with E-state index in [1.54, 1.807) is 48.5 Å². The van der Waals surface area contributed by atoms with Gasteiger partial charge in [-0.3, -0.25) is 19.3 Å². The zero-order valence-corrected chi connectivity index (χ0v) is 20.2. The zero-order valence-electron chi connectivity index (χ0n) is 18.6. The molecule has 0 unspecified atom stereocenters. The van der Waals surface area contributed by atoms with Gasteiger partial charge < -0.3 is 10.1 Å². The van der Waals surface area contributed by atoms with Gasteiger partial charge in [0.05, 0.1) is 9.93 Å². The highest BCUT2D eigenvalue weighted by Gasteiger charge is 2.36. The quantitative estimate of drug-likeness (QED) is 0.392. The predicted molar refractivity (Wildman–Crippen MR) is 135 cm³/mol. The molecule has 3 amide bonds. The summed E-state index contributed by atoms with van der Waals surface area (Å²) in [5, 5.41) is 2.46. The van der Waals surface area contributed by atoms with Gasteiger partial charge >= 0.3 is 0 Å². The van der Waals surface area contributed by atoms with E-state index in [2.05, 4.69) is 5.32 Å². The highest BCUT2D eigenvalue weighted by atomic mass is 35.5. The van der Waals surface area contributed by atoms with Gasteiger partial charge in [0.25, 0.3) is 11.1 Å². The second-order valence-electron chi connectivity index (χ2n) is 7.69. The molecule has 1 saturated heterocycles. The minimum Gasteiger partial charge on any atom is -0.489 e. The van der Waals surface area contributed by atoms with Crippen LogP contribution in [0.1, 0.15) is 16.7 Å². The van der Waals surface area contributed by atoms with E-state index in [-0.39, 0.29) is 28.6 Å². The molecule has 1 fully saturated rings. The van der Waals surface area contributed by atoms with E-state index in [1.807, 2.05) is 19.1 Å². The molecule has 35 heavy (non-hydrogen) atoms. The maximum atomic E-state index is 14.0. The SMILES string of the molecule is Cc1ccccc1NC(=O)CN1C(=O)S/C(=C/c2cccc(OCc3c(F)cccc3Cl)c2)C1=O. The third kappa shape index (κ3) is 5.90. The number of imide groups is 1. The Morgan fingerprint density at radius 1 is 1.11 bits per heavy atom. The summed E-state index contributed by atoms with van der Waals surface area (Å²) < 4.78 is 19.6. The van der Waals surface area contributed by atoms with Crippen LogP contribution in [-0.2, 0) is 16.2 Å². The second kappa shape index (κ2) is 10.8. The molecule has 9 heteroatoms. The van der Waals surface area contributed by atoms with E-state index in [0.717, 1.165) is 22.2 Å². The molecule has 178 valence electrons. The summed E-state index contributed by atoms with van der Waals surface area (Å²) in [6.07, 6.45) is 1.55. The number of hydrogen-bond donors (Lipinski definition) is 1. The van der Waals surface area contributed by atoms with E-state index in [4.69, 9.17) is 16.3 Å². The van der Waals surface area contributed by atoms with Crippen molar-refractivity contribution in [3.8, 4) is 5.75 Å². The lowest BCUT2D eigenvalue weighted by Gasteiger charge is -2.13. The number of ether oxygens (including phenoxy) is 1. The fourth-order valence-corrected chi connectivity index (χ4v) is 4.41. The molecular weight excluding hydrogens is 491 g/mol. The van der Waals surface area contributed by atoms with Crippen molar-refractivity contribution < 1.29 is 23.5 Å². The molecule has 0 aromatic heterocycles. The third-order valence-corrected chi connectivity index (χ3v) is 6.46. The van der Waals surface area contributed by atoms with Crippen LogP contribution in [0.4, 0.5) is 14.9 Å². The Morgan fingerprint density at radius 2 is 1.89 bits per heavy atom. The molecule has 6 nitrogen and oxygen atoms in total. The first-order chi connectivity index (χ1) is 16.8. The van der Waals surface area contributed by atoms with Crippen LogP contribution in [-0.4, -0.2) is 28.5 Å². The van der Waals surface area contributed by atoms with E-state index in [1.165, 1.54) is 12.1 Å². The topological polar surface area (TPSA) is 75.7 Å². The Labute approximate surface area is 210 Å². The van der Waals surface area contributed by atoms with Gasteiger partial charge in [-0.05, 0) is 66.2 Å². The molecule has 1 aliphatic rings. The Balaban J connectivity index is 1.42. The number of anilines is 1. The predicted octanol–water partition coefficient (Wildman–Crippen LogP) is 6.04. The lowest BCUT2D eigenvalue weighted by molar-refractivity contribution is -0.127. The number of halogens is 2. The monoisotopic (exact) mass is 510 g/mol. The smallest absolute Gasteiger partial charge is 0.294 e. The third-order valence-electron chi connectivity index (χ3n) is 5.20. The van der Waals surface area contributed by atoms with Crippen molar-refractivity contribution in [2.75, 3.05) is 11.9 Å². The fourth-order valence-electron chi connectivity index (χ4n) is 3.35. The number of amides is 3. The molecule has 4 rings (SSSR count). The lowest BCUT2D eigenvalue weighted by atomic mass is 10.2. The van der Waals surface area contributed by atoms with Crippen LogP contribution in [0.5, 0.6) is 5.75 Å². The first-order valence-electron chi connectivity index (χ1n) is 10.6. The Hall–Kier alpha value is -3.62. The van der Waals surface area contributed by atoms with Crippen LogP contribution in [0.2, 0.25) is 5.02 Å². The average molecular weight is 511 g/mol. The summed E-state index contributed by atoms with van der Waals surface area (Å²) in [6, 6.07) is 18.4. The van der Waals surface area contributed by atoms with Crippen LogP contribution < -0.4 is 10.1 Å². The van der Waals surface area contributed by atoms with E-state index in [9.17, 15) is 18.8 Å². The number of para-hydroxylation sites is 1. The van der Waals surface area contributed by atoms with Crippen LogP contribution in [0.15, 0.2) is 71.6 Å². The molecule has 0 radical (unpaired) electrons. The number of aryl methyl sites for hydroxylation is 1. The first-order valence-corrected chi connectivity index (χ1v) is 11.8. The maximum Gasteiger partial charge on any atom is 0.294 e. The van der Waals surface area contributed by atoms with Crippen molar-refractivity contribution in [1.82, 2.24) is 4.90 Å². The number of rotatable bonds is 7. The standard InChI is InChI=1S/C26H20ClFN2O4S/c1-16-6-2-3-11-22(16)29-24(31)14-30-25(32)23(35-26(30)33)13-17-7-4-8-18(12-17)34-15-19-20(27)9-5-10-21(19)28/h2-13H,14-15H2,1H3,(H,29,31)/b23-13+. The summed E-state index contributed by atoms with van der Waals surface area (Å²) >= 11 is 6.80. The Bertz CT molecular complexity index is 1320. The normalized spacial score (nSPS) is 14.5. The molecule has 0 spiro atoms. The number of thioether (sulfide) groups is 1. The van der Waals surface area contributed by atoms with Gasteiger partial charge in [-0.1, -0.05) is 48.0 Å². The highest BCUT2D eigenvalue weighted by Crippen LogP contribution is 2.33. The number of carbonyl (C=O) groups is 3. The minimum atomic E-state index is -0.551. The maximum absolute atomic E-state index is 14.0. The molecular formula is C26H20ClFN2O4S. The molecule has 0 aliphatic carbocycles. The van der Waals surface area contributed by atoms with Crippen LogP contribution in [0.25, 0.3) is 6.08 Å². The lowest BCUT2D eigenvalue weighted by Crippen LogP contribution is -2.36. The summed E-state index contributed by atoms with van der Waals surface area (Å²) in [7, 11) is 0. The number of benzene rings is 3. The number of carbonyl (C=O) groups excluding carboxylic acids is 3. The van der Waals surface area contributed by atoms with Crippen molar-refractivity contribution >= 4 is 52.2 Å². The van der Waals surface area contributed by atoms with Crippen LogP contribution in [0.3, 0.4) is 0 Å². The van der Waals surface area contributed by atoms with Crippen molar-refractivity contribution in [2.24, 2.45) is 0 Å². The van der Waals surface area contributed by atoms with E-state index in [0.29, 0.717) is 17.0 Å². The number of hydrogen-bond acceptors (Lipinski definition) is 5. The molecule has 3 aromatic carbocycles. The molecule has 0 atom stereocenters. The van der Waals surface area contributed by atoms with Gasteiger partial charge in [0.2, 0.25) is 5.91 Å². The minimum absolute atomic E-state index is 0.0680. The molecule has 0 saturated carbocycles. The fraction of sp³-hybridized carbons (Fsp3) is 0.115. The van der Waals surface area contributed by atoms with Crippen LogP contribution in [0, 0.1) is 12.7 Å². The van der Waals surface area contributed by atoms with Gasteiger partial charge in [-0.25, -0.2) is 4.39 Å². The Morgan fingerprint density at radius 3 is 2.66 bits per heavy atom. The first kappa shape index (κ1) is 24.5. The summed E-state index contributed by atoms with van der Waals surface area (Å²) in [6.45, 7) is 1.39. The number of nitrogens with zero attached hydrogens (tertiary/aromatic N) is 1. The zero-order chi connectivity index (χ0) is 24.9. The molecule has 3 aromatic rings. The Kier molecular flexibility index (Phi) is 7.53. The van der Waals surface area contributed by atoms with Crippen molar-refractivity contribution in [3.63, 3.8) is 0 Å². The van der Waals surface area contributed by atoms with E-state index < -0.39 is 22.9 Å². The number of nitrogens with one attached hydrogen (secondary N) is 1. The van der Waals surface area contributed by atoms with Crippen molar-refractivity contribution in [3.05, 3.63) is 99.2 Å².